The highest BCUT2D eigenvalue weighted by Gasteiger charge is 2.41. The first-order valence-electron chi connectivity index (χ1n) is 14.3. The van der Waals surface area contributed by atoms with E-state index < -0.39 is 36.4 Å². The summed E-state index contributed by atoms with van der Waals surface area (Å²) < 4.78 is 0. The average Bonchev–Trinajstić information content (AvgIpc) is 3.31. The van der Waals surface area contributed by atoms with E-state index in [1.807, 2.05) is 0 Å². The number of H-pyrrole nitrogens is 1. The van der Waals surface area contributed by atoms with Gasteiger partial charge < -0.3 is 30.7 Å². The third-order valence-electron chi connectivity index (χ3n) is 8.27. The van der Waals surface area contributed by atoms with Crippen molar-refractivity contribution in [3.8, 4) is 0 Å². The molecular weight excluding hydrogens is 554 g/mol. The van der Waals surface area contributed by atoms with Gasteiger partial charge in [-0.25, -0.2) is 4.79 Å². The summed E-state index contributed by atoms with van der Waals surface area (Å²) in [6, 6.07) is 19.5. The fraction of sp³-hybridized carbons (Fsp3) is 0.438. The number of carbonyl (C=O) groups excluding carboxylic acids is 1. The highest BCUT2D eigenvalue weighted by atomic mass is 16.4. The van der Waals surface area contributed by atoms with Crippen LogP contribution in [0.5, 0.6) is 0 Å². The van der Waals surface area contributed by atoms with Crippen LogP contribution in [0.1, 0.15) is 68.2 Å². The fourth-order valence-electron chi connectivity index (χ4n) is 6.04. The molecule has 0 aliphatic heterocycles. The van der Waals surface area contributed by atoms with Crippen molar-refractivity contribution in [2.24, 2.45) is 0 Å². The summed E-state index contributed by atoms with van der Waals surface area (Å²) in [7, 11) is 4.43. The maximum atomic E-state index is 11.4. The SMILES string of the molecule is CC(=O)NCCc1c(C2CCC(c3ccccc3)(N(C)C)CC2)[nH]c2ccccc12.O=C(O)CC(O)(CC(=O)O)C(=O)O. The molecule has 6 N–H and O–H groups in total. The summed E-state index contributed by atoms with van der Waals surface area (Å²) in [6.45, 7) is 2.27. The number of nitrogens with one attached hydrogen (secondary N) is 2. The van der Waals surface area contributed by atoms with Gasteiger partial charge in [-0.05, 0) is 69.3 Å². The van der Waals surface area contributed by atoms with E-state index in [1.54, 1.807) is 6.92 Å². The molecule has 0 spiro atoms. The van der Waals surface area contributed by atoms with Gasteiger partial charge in [0.05, 0.1) is 12.8 Å². The molecule has 1 saturated carbocycles. The molecule has 4 rings (SSSR count). The number of amides is 1. The molecule has 0 bridgehead atoms. The van der Waals surface area contributed by atoms with Crippen LogP contribution in [0.4, 0.5) is 0 Å². The number of hydrogen-bond donors (Lipinski definition) is 6. The molecule has 232 valence electrons. The van der Waals surface area contributed by atoms with Crippen LogP contribution in [0.3, 0.4) is 0 Å². The van der Waals surface area contributed by atoms with Gasteiger partial charge in [0.25, 0.3) is 0 Å². The molecule has 1 aromatic heterocycles. The first-order valence-corrected chi connectivity index (χ1v) is 14.3. The van der Waals surface area contributed by atoms with Crippen LogP contribution in [-0.4, -0.2) is 80.4 Å². The third kappa shape index (κ3) is 8.20. The summed E-state index contributed by atoms with van der Waals surface area (Å²) in [4.78, 5) is 48.0. The summed E-state index contributed by atoms with van der Waals surface area (Å²) in [6.07, 6.45) is 3.20. The van der Waals surface area contributed by atoms with E-state index in [4.69, 9.17) is 20.4 Å². The van der Waals surface area contributed by atoms with E-state index in [0.717, 1.165) is 32.1 Å². The second-order valence-electron chi connectivity index (χ2n) is 11.3. The van der Waals surface area contributed by atoms with Gasteiger partial charge in [0.2, 0.25) is 5.91 Å². The van der Waals surface area contributed by atoms with Crippen molar-refractivity contribution in [3.63, 3.8) is 0 Å². The first kappa shape index (κ1) is 33.3. The third-order valence-corrected chi connectivity index (χ3v) is 8.27. The van der Waals surface area contributed by atoms with Gasteiger partial charge in [-0.1, -0.05) is 48.5 Å². The van der Waals surface area contributed by atoms with Crippen molar-refractivity contribution in [2.45, 2.75) is 68.9 Å². The minimum absolute atomic E-state index is 0.0349. The van der Waals surface area contributed by atoms with Crippen LogP contribution >= 0.6 is 0 Å². The quantitative estimate of drug-likeness (QED) is 0.193. The molecule has 11 nitrogen and oxygen atoms in total. The highest BCUT2D eigenvalue weighted by Crippen LogP contribution is 2.47. The van der Waals surface area contributed by atoms with E-state index in [-0.39, 0.29) is 11.4 Å². The van der Waals surface area contributed by atoms with Crippen molar-refractivity contribution in [1.29, 1.82) is 0 Å². The highest BCUT2D eigenvalue weighted by molar-refractivity contribution is 5.88. The Labute approximate surface area is 250 Å². The number of rotatable bonds is 11. The zero-order valence-corrected chi connectivity index (χ0v) is 24.8. The second-order valence-corrected chi connectivity index (χ2v) is 11.3. The maximum absolute atomic E-state index is 11.4. The fourth-order valence-corrected chi connectivity index (χ4v) is 6.04. The number of aliphatic carboxylic acids is 3. The Kier molecular flexibility index (Phi) is 11.1. The molecule has 1 amide bonds. The number of aromatic nitrogens is 1. The lowest BCUT2D eigenvalue weighted by molar-refractivity contribution is -0.170. The van der Waals surface area contributed by atoms with E-state index in [9.17, 15) is 19.2 Å². The largest absolute Gasteiger partial charge is 0.481 e. The van der Waals surface area contributed by atoms with Gasteiger partial charge in [0, 0.05) is 35.6 Å². The van der Waals surface area contributed by atoms with Crippen LogP contribution in [0.15, 0.2) is 54.6 Å². The minimum atomic E-state index is -2.74. The zero-order chi connectivity index (χ0) is 31.8. The lowest BCUT2D eigenvalue weighted by atomic mass is 9.70. The number of carboxylic acids is 3. The number of carboxylic acid groups (broad SMARTS) is 3. The number of benzene rings is 2. The van der Waals surface area contributed by atoms with E-state index in [2.05, 4.69) is 83.9 Å². The van der Waals surface area contributed by atoms with Crippen molar-refractivity contribution in [1.82, 2.24) is 15.2 Å². The molecule has 0 unspecified atom stereocenters. The van der Waals surface area contributed by atoms with E-state index in [0.29, 0.717) is 12.5 Å². The van der Waals surface area contributed by atoms with Crippen LogP contribution in [0.2, 0.25) is 0 Å². The predicted octanol–water partition coefficient (Wildman–Crippen LogP) is 3.71. The molecule has 1 fully saturated rings. The first-order chi connectivity index (χ1) is 20.3. The molecule has 43 heavy (non-hydrogen) atoms. The van der Waals surface area contributed by atoms with Crippen molar-refractivity contribution < 1.29 is 39.6 Å². The Morgan fingerprint density at radius 2 is 1.49 bits per heavy atom. The number of nitrogens with zero attached hydrogens (tertiary/aromatic N) is 1. The van der Waals surface area contributed by atoms with Gasteiger partial charge in [-0.3, -0.25) is 19.3 Å². The Morgan fingerprint density at radius 1 is 0.930 bits per heavy atom. The normalized spacial score (nSPS) is 18.5. The number of aliphatic hydroxyl groups is 1. The van der Waals surface area contributed by atoms with Gasteiger partial charge in [-0.2, -0.15) is 0 Å². The lowest BCUT2D eigenvalue weighted by Crippen LogP contribution is -2.44. The van der Waals surface area contributed by atoms with Gasteiger partial charge in [0.15, 0.2) is 5.60 Å². The molecule has 2 aromatic carbocycles. The molecule has 3 aromatic rings. The van der Waals surface area contributed by atoms with Gasteiger partial charge >= 0.3 is 17.9 Å². The smallest absolute Gasteiger partial charge is 0.336 e. The molecule has 1 aliphatic rings. The molecule has 11 heteroatoms. The topological polar surface area (TPSA) is 180 Å². The van der Waals surface area contributed by atoms with Crippen LogP contribution in [0, 0.1) is 0 Å². The average molecular weight is 596 g/mol. The Hall–Kier alpha value is -4.22. The number of para-hydroxylation sites is 1. The number of aromatic amines is 1. The van der Waals surface area contributed by atoms with Crippen LogP contribution in [-0.2, 0) is 31.1 Å². The van der Waals surface area contributed by atoms with E-state index in [1.165, 1.54) is 27.7 Å². The predicted molar refractivity (Wildman–Crippen MR) is 161 cm³/mol. The second kappa shape index (κ2) is 14.3. The summed E-state index contributed by atoms with van der Waals surface area (Å²) in [5.74, 6) is -4.45. The van der Waals surface area contributed by atoms with Crippen molar-refractivity contribution >= 4 is 34.7 Å². The number of fused-ring (bicyclic) bond motifs is 1. The number of hydrogen-bond acceptors (Lipinski definition) is 6. The zero-order valence-electron chi connectivity index (χ0n) is 24.8. The molecule has 0 saturated heterocycles. The van der Waals surface area contributed by atoms with Crippen LogP contribution < -0.4 is 5.32 Å². The minimum Gasteiger partial charge on any atom is -0.481 e. The van der Waals surface area contributed by atoms with Crippen molar-refractivity contribution in [2.75, 3.05) is 20.6 Å². The molecule has 0 atom stereocenters. The summed E-state index contributed by atoms with van der Waals surface area (Å²) in [5, 5.41) is 38.1. The monoisotopic (exact) mass is 595 g/mol. The molecule has 0 radical (unpaired) electrons. The number of carbonyl (C=O) groups is 4. The molecule has 1 heterocycles. The van der Waals surface area contributed by atoms with E-state index >= 15 is 0 Å². The molecular formula is C32H41N3O8. The Bertz CT molecular complexity index is 1410. The maximum Gasteiger partial charge on any atom is 0.336 e. The standard InChI is InChI=1S/C26H33N3O.C6H8O7/c1-19(30)27-18-15-23-22-11-7-8-12-24(22)28-25(23)20-13-16-26(17-14-20,29(2)3)21-9-5-4-6-10-21;7-3(8)1-6(13,5(11)12)2-4(9)10/h4-12,20,28H,13-18H2,1-3H3,(H,27,30);13H,1-2H2,(H,7,8)(H,9,10)(H,11,12). The molecule has 1 aliphatic carbocycles. The lowest BCUT2D eigenvalue weighted by Gasteiger charge is -2.45. The van der Waals surface area contributed by atoms with Crippen LogP contribution in [0.25, 0.3) is 10.9 Å². The Morgan fingerprint density at radius 3 is 2.00 bits per heavy atom. The Balaban J connectivity index is 0.000000331. The summed E-state index contributed by atoms with van der Waals surface area (Å²) in [5.41, 5.74) is 2.76. The van der Waals surface area contributed by atoms with Crippen molar-refractivity contribution in [3.05, 3.63) is 71.4 Å². The summed E-state index contributed by atoms with van der Waals surface area (Å²) >= 11 is 0. The van der Waals surface area contributed by atoms with Gasteiger partial charge in [0.1, 0.15) is 0 Å². The van der Waals surface area contributed by atoms with Gasteiger partial charge in [-0.15, -0.1) is 0 Å².